The van der Waals surface area contributed by atoms with Crippen molar-refractivity contribution in [3.63, 3.8) is 0 Å². The number of halogens is 2. The van der Waals surface area contributed by atoms with Crippen LogP contribution in [-0.2, 0) is 11.3 Å². The van der Waals surface area contributed by atoms with Crippen molar-refractivity contribution in [2.45, 2.75) is 13.2 Å². The quantitative estimate of drug-likeness (QED) is 0.641. The number of amides is 1. The second-order valence-electron chi connectivity index (χ2n) is 5.48. The van der Waals surface area contributed by atoms with E-state index in [0.717, 1.165) is 0 Å². The van der Waals surface area contributed by atoms with Gasteiger partial charge in [-0.2, -0.15) is 8.78 Å². The Hall–Kier alpha value is -3.49. The molecule has 0 aliphatic heterocycles. The molecule has 0 saturated carbocycles. The van der Waals surface area contributed by atoms with Crippen molar-refractivity contribution in [3.8, 4) is 5.75 Å². The summed E-state index contributed by atoms with van der Waals surface area (Å²) in [7, 11) is 0. The molecule has 0 aliphatic rings. The fourth-order valence-electron chi connectivity index (χ4n) is 2.44. The zero-order valence-electron chi connectivity index (χ0n) is 14.1. The molecule has 0 aliphatic carbocycles. The molecule has 7 nitrogen and oxygen atoms in total. The smallest absolute Gasteiger partial charge is 0.387 e. The summed E-state index contributed by atoms with van der Waals surface area (Å²) < 4.78 is 31.8. The molecule has 0 fully saturated rings. The molecule has 1 aromatic carbocycles. The highest BCUT2D eigenvalue weighted by Gasteiger charge is 2.08. The Bertz CT molecular complexity index is 1030. The van der Waals surface area contributed by atoms with Gasteiger partial charge in [0.1, 0.15) is 5.75 Å². The zero-order chi connectivity index (χ0) is 19.2. The van der Waals surface area contributed by atoms with E-state index in [0.29, 0.717) is 11.2 Å². The summed E-state index contributed by atoms with van der Waals surface area (Å²) >= 11 is 0. The summed E-state index contributed by atoms with van der Waals surface area (Å²) in [4.78, 5) is 24.0. The number of ether oxygens (including phenoxy) is 1. The molecule has 3 aromatic rings. The third kappa shape index (κ3) is 4.57. The third-order valence-electron chi connectivity index (χ3n) is 3.66. The second-order valence-corrected chi connectivity index (χ2v) is 5.48. The van der Waals surface area contributed by atoms with Gasteiger partial charge in [0.2, 0.25) is 5.91 Å². The molecule has 0 saturated heterocycles. The summed E-state index contributed by atoms with van der Waals surface area (Å²) in [6.07, 6.45) is 4.20. The summed E-state index contributed by atoms with van der Waals surface area (Å²) in [5.41, 5.74) is 0.572. The molecular formula is C18H16F2N4O3. The summed E-state index contributed by atoms with van der Waals surface area (Å²) in [5, 5.41) is 6.76. The van der Waals surface area contributed by atoms with Gasteiger partial charge in [0.25, 0.3) is 0 Å². The number of hydrogen-bond donors (Lipinski definition) is 1. The first-order valence-corrected chi connectivity index (χ1v) is 8.08. The molecule has 2 heterocycles. The zero-order valence-corrected chi connectivity index (χ0v) is 14.1. The second kappa shape index (κ2) is 8.26. The summed E-state index contributed by atoms with van der Waals surface area (Å²) in [6, 6.07) is 11.3. The van der Waals surface area contributed by atoms with E-state index in [1.165, 1.54) is 27.3 Å². The number of hydrogen-bond acceptors (Lipinski definition) is 4. The predicted octanol–water partition coefficient (Wildman–Crippen LogP) is 1.93. The molecule has 1 amide bonds. The van der Waals surface area contributed by atoms with Crippen LogP contribution in [-0.4, -0.2) is 33.2 Å². The van der Waals surface area contributed by atoms with E-state index in [1.54, 1.807) is 42.6 Å². The largest absolute Gasteiger partial charge is 0.434 e. The molecular weight excluding hydrogens is 358 g/mol. The van der Waals surface area contributed by atoms with Gasteiger partial charge in [-0.1, -0.05) is 24.3 Å². The number of rotatable bonds is 7. The number of pyridine rings is 1. The first-order chi connectivity index (χ1) is 13.0. The predicted molar refractivity (Wildman–Crippen MR) is 94.6 cm³/mol. The topological polar surface area (TPSA) is 77.6 Å². The van der Waals surface area contributed by atoms with Crippen LogP contribution in [0.2, 0.25) is 0 Å². The van der Waals surface area contributed by atoms with Crippen molar-refractivity contribution in [3.05, 3.63) is 70.8 Å². The maximum Gasteiger partial charge on any atom is 0.387 e. The van der Waals surface area contributed by atoms with E-state index in [9.17, 15) is 18.4 Å². The van der Waals surface area contributed by atoms with Gasteiger partial charge in [-0.05, 0) is 24.3 Å². The normalized spacial score (nSPS) is 11.4. The number of para-hydroxylation sites is 1. The van der Waals surface area contributed by atoms with Gasteiger partial charge in [0, 0.05) is 24.4 Å². The number of fused-ring (bicyclic) bond motifs is 1. The van der Waals surface area contributed by atoms with Crippen LogP contribution >= 0.6 is 0 Å². The van der Waals surface area contributed by atoms with Crippen LogP contribution in [0.5, 0.6) is 5.75 Å². The number of benzene rings is 1. The van der Waals surface area contributed by atoms with E-state index in [-0.39, 0.29) is 24.5 Å². The molecule has 1 N–H and O–H groups in total. The lowest BCUT2D eigenvalue weighted by atomic mass is 10.2. The fraction of sp³-hybridized carbons (Fsp3) is 0.167. The van der Waals surface area contributed by atoms with Gasteiger partial charge in [0.05, 0.1) is 6.54 Å². The fourth-order valence-corrected chi connectivity index (χ4v) is 2.44. The van der Waals surface area contributed by atoms with E-state index >= 15 is 0 Å². The van der Waals surface area contributed by atoms with Gasteiger partial charge >= 0.3 is 12.3 Å². The molecule has 27 heavy (non-hydrogen) atoms. The first kappa shape index (κ1) is 18.3. The van der Waals surface area contributed by atoms with Gasteiger partial charge in [-0.3, -0.25) is 9.20 Å². The molecule has 3 rings (SSSR count). The Morgan fingerprint density at radius 3 is 2.78 bits per heavy atom. The monoisotopic (exact) mass is 374 g/mol. The standard InChI is InChI=1S/C18H16F2N4O3/c19-17(20)27-14-6-2-1-5-13(14)8-9-16(25)21-10-12-24-18(26)23-11-4-3-7-15(23)22-24/h1-9,11,17H,10,12H2,(H,21,25)/b9-8-. The van der Waals surface area contributed by atoms with Crippen molar-refractivity contribution in [2.24, 2.45) is 0 Å². The lowest BCUT2D eigenvalue weighted by molar-refractivity contribution is -0.116. The molecule has 0 atom stereocenters. The van der Waals surface area contributed by atoms with Crippen LogP contribution in [0.15, 0.2) is 59.5 Å². The van der Waals surface area contributed by atoms with E-state index in [2.05, 4.69) is 15.2 Å². The molecule has 9 heteroatoms. The van der Waals surface area contributed by atoms with Crippen LogP contribution < -0.4 is 15.7 Å². The molecule has 0 bridgehead atoms. The minimum absolute atomic E-state index is 0.0206. The number of alkyl halides is 2. The van der Waals surface area contributed by atoms with Crippen molar-refractivity contribution in [1.82, 2.24) is 19.5 Å². The molecule has 140 valence electrons. The Morgan fingerprint density at radius 2 is 2.00 bits per heavy atom. The Kier molecular flexibility index (Phi) is 5.60. The minimum Gasteiger partial charge on any atom is -0.434 e. The van der Waals surface area contributed by atoms with Crippen LogP contribution in [0.25, 0.3) is 11.7 Å². The SMILES string of the molecule is O=C(/C=C\c1ccccc1OC(F)F)NCCn1nc2ccccn2c1=O. The van der Waals surface area contributed by atoms with Crippen LogP contribution in [0, 0.1) is 0 Å². The van der Waals surface area contributed by atoms with E-state index in [1.807, 2.05) is 0 Å². The van der Waals surface area contributed by atoms with Crippen molar-refractivity contribution in [2.75, 3.05) is 6.54 Å². The Morgan fingerprint density at radius 1 is 1.22 bits per heavy atom. The number of nitrogens with zero attached hydrogens (tertiary/aromatic N) is 3. The van der Waals surface area contributed by atoms with Gasteiger partial charge in [-0.25, -0.2) is 9.48 Å². The average molecular weight is 374 g/mol. The lowest BCUT2D eigenvalue weighted by Crippen LogP contribution is -2.30. The molecule has 0 unspecified atom stereocenters. The average Bonchev–Trinajstić information content (AvgIpc) is 2.97. The van der Waals surface area contributed by atoms with Crippen molar-refractivity contribution in [1.29, 1.82) is 0 Å². The van der Waals surface area contributed by atoms with Crippen molar-refractivity contribution >= 4 is 17.6 Å². The van der Waals surface area contributed by atoms with Gasteiger partial charge in [0.15, 0.2) is 5.65 Å². The lowest BCUT2D eigenvalue weighted by Gasteiger charge is -2.07. The highest BCUT2D eigenvalue weighted by molar-refractivity contribution is 5.92. The highest BCUT2D eigenvalue weighted by Crippen LogP contribution is 2.21. The number of carbonyl (C=O) groups is 1. The first-order valence-electron chi connectivity index (χ1n) is 8.08. The molecule has 0 spiro atoms. The molecule has 0 radical (unpaired) electrons. The maximum atomic E-state index is 12.4. The highest BCUT2D eigenvalue weighted by atomic mass is 19.3. The van der Waals surface area contributed by atoms with E-state index in [4.69, 9.17) is 0 Å². The van der Waals surface area contributed by atoms with E-state index < -0.39 is 12.5 Å². The van der Waals surface area contributed by atoms with Gasteiger partial charge < -0.3 is 10.1 Å². The van der Waals surface area contributed by atoms with Gasteiger partial charge in [-0.15, -0.1) is 5.10 Å². The minimum atomic E-state index is -2.95. The summed E-state index contributed by atoms with van der Waals surface area (Å²) in [5.74, 6) is -0.452. The Labute approximate surface area is 152 Å². The summed E-state index contributed by atoms with van der Waals surface area (Å²) in [6.45, 7) is -2.56. The number of nitrogens with one attached hydrogen (secondary N) is 1. The maximum absolute atomic E-state index is 12.4. The van der Waals surface area contributed by atoms with Crippen LogP contribution in [0.1, 0.15) is 5.56 Å². The van der Waals surface area contributed by atoms with Crippen molar-refractivity contribution < 1.29 is 18.3 Å². The van der Waals surface area contributed by atoms with Crippen LogP contribution in [0.3, 0.4) is 0 Å². The third-order valence-corrected chi connectivity index (χ3v) is 3.66. The Balaban J connectivity index is 1.58. The number of carbonyl (C=O) groups excluding carboxylic acids is 1. The van der Waals surface area contributed by atoms with Crippen LogP contribution in [0.4, 0.5) is 8.78 Å². The number of aromatic nitrogens is 3. The molecule has 2 aromatic heterocycles.